The van der Waals surface area contributed by atoms with Gasteiger partial charge in [-0.05, 0) is 49.4 Å². The summed E-state index contributed by atoms with van der Waals surface area (Å²) in [4.78, 5) is 15.2. The second-order valence-corrected chi connectivity index (χ2v) is 8.90. The van der Waals surface area contributed by atoms with Gasteiger partial charge < -0.3 is 14.3 Å². The van der Waals surface area contributed by atoms with E-state index in [-0.39, 0.29) is 11.9 Å². The number of rotatable bonds is 13. The Hall–Kier alpha value is -1.01. The summed E-state index contributed by atoms with van der Waals surface area (Å²) in [5, 5.41) is 0. The number of aryl methyl sites for hydroxylation is 1. The monoisotopic (exact) mass is 412 g/mol. The van der Waals surface area contributed by atoms with E-state index in [1.165, 1.54) is 19.3 Å². The van der Waals surface area contributed by atoms with Gasteiger partial charge in [0, 0.05) is 12.7 Å². The summed E-state index contributed by atoms with van der Waals surface area (Å²) in [5.74, 6) is 0.876. The maximum absolute atomic E-state index is 12.2. The maximum atomic E-state index is 12.2. The number of aromatic amines is 1. The summed E-state index contributed by atoms with van der Waals surface area (Å²) < 4.78 is 8.92. The van der Waals surface area contributed by atoms with Crippen LogP contribution in [0.15, 0.2) is 12.3 Å². The zero-order valence-corrected chi connectivity index (χ0v) is 19.0. The van der Waals surface area contributed by atoms with Crippen molar-refractivity contribution >= 4 is 30.4 Å². The smallest absolute Gasteiger partial charge is 0.309 e. The molecule has 154 valence electrons. The molecule has 0 amide bonds. The molecule has 1 heterocycles. The predicted molar refractivity (Wildman–Crippen MR) is 117 cm³/mol. The fourth-order valence-electron chi connectivity index (χ4n) is 3.14. The maximum Gasteiger partial charge on any atom is 0.309 e. The number of unbranched alkanes of at least 4 members (excludes halogenated alkanes) is 5. The van der Waals surface area contributed by atoms with Crippen LogP contribution in [0.1, 0.15) is 72.6 Å². The predicted octanol–water partition coefficient (Wildman–Crippen LogP) is 6.48. The van der Waals surface area contributed by atoms with E-state index < -0.39 is 0 Å². The van der Waals surface area contributed by atoms with E-state index in [2.05, 4.69) is 32.7 Å². The average Bonchev–Trinajstić information content (AvgIpc) is 2.59. The Labute approximate surface area is 174 Å². The highest BCUT2D eigenvalue weighted by Crippen LogP contribution is 2.22. The van der Waals surface area contributed by atoms with E-state index in [0.29, 0.717) is 27.9 Å². The van der Waals surface area contributed by atoms with Crippen molar-refractivity contribution in [3.05, 3.63) is 21.7 Å². The van der Waals surface area contributed by atoms with Crippen LogP contribution in [-0.2, 0) is 16.1 Å². The molecule has 0 saturated heterocycles. The van der Waals surface area contributed by atoms with Crippen molar-refractivity contribution < 1.29 is 9.53 Å². The minimum Gasteiger partial charge on any atom is -0.465 e. The van der Waals surface area contributed by atoms with Crippen LogP contribution >= 0.6 is 24.4 Å². The number of hydrogen-bond donors (Lipinski definition) is 1. The van der Waals surface area contributed by atoms with Gasteiger partial charge in [0.25, 0.3) is 0 Å². The van der Waals surface area contributed by atoms with Gasteiger partial charge in [-0.3, -0.25) is 4.79 Å². The molecule has 27 heavy (non-hydrogen) atoms. The molecule has 0 aliphatic heterocycles. The number of ether oxygens (including phenoxy) is 1. The molecular formula is C21H36N2O2S2. The van der Waals surface area contributed by atoms with Crippen molar-refractivity contribution in [2.75, 3.05) is 6.61 Å². The van der Waals surface area contributed by atoms with Crippen LogP contribution in [-0.4, -0.2) is 22.1 Å². The number of H-pyrrole nitrogens is 1. The van der Waals surface area contributed by atoms with Gasteiger partial charge in [0.05, 0.1) is 12.5 Å². The molecule has 0 saturated carbocycles. The highest BCUT2D eigenvalue weighted by atomic mass is 32.1. The Kier molecular flexibility index (Phi) is 11.8. The summed E-state index contributed by atoms with van der Waals surface area (Å²) in [6.07, 6.45) is 9.61. The Bertz CT molecular complexity index is 665. The molecule has 0 radical (unpaired) electrons. The molecule has 1 unspecified atom stereocenters. The first-order chi connectivity index (χ1) is 12.8. The van der Waals surface area contributed by atoms with Gasteiger partial charge in [-0.15, -0.1) is 0 Å². The molecule has 0 aliphatic rings. The second-order valence-electron chi connectivity index (χ2n) is 8.07. The molecule has 0 aromatic carbocycles. The topological polar surface area (TPSA) is 47.0 Å². The van der Waals surface area contributed by atoms with Crippen LogP contribution in [0.2, 0.25) is 0 Å². The van der Waals surface area contributed by atoms with E-state index in [1.807, 2.05) is 16.8 Å². The molecule has 1 N–H and O–H groups in total. The number of hydrogen-bond acceptors (Lipinski definition) is 4. The highest BCUT2D eigenvalue weighted by molar-refractivity contribution is 7.72. The molecule has 1 atom stereocenters. The van der Waals surface area contributed by atoms with Gasteiger partial charge in [0.1, 0.15) is 4.64 Å². The van der Waals surface area contributed by atoms with Gasteiger partial charge in [0.2, 0.25) is 0 Å². The molecule has 0 spiro atoms. The molecule has 1 rings (SSSR count). The third-order valence-corrected chi connectivity index (χ3v) is 5.34. The van der Waals surface area contributed by atoms with Crippen molar-refractivity contribution in [2.45, 2.75) is 79.2 Å². The minimum atomic E-state index is -0.0163. The van der Waals surface area contributed by atoms with Gasteiger partial charge in [0.15, 0.2) is 4.77 Å². The molecule has 4 nitrogen and oxygen atoms in total. The quantitative estimate of drug-likeness (QED) is 0.229. The number of esters is 1. The van der Waals surface area contributed by atoms with Crippen LogP contribution in [0.4, 0.5) is 0 Å². The Morgan fingerprint density at radius 3 is 2.30 bits per heavy atom. The van der Waals surface area contributed by atoms with Crippen molar-refractivity contribution in [3.8, 4) is 0 Å². The standard InChI is InChI=1S/C21H36N2O2S2/c1-16(2)15-18(17(3)4)20(24)25-14-10-8-6-5-7-9-12-23-13-11-19(26)22-21(23)27/h11,13,16-18H,5-10,12,14-15H2,1-4H3,(H,22,26,27). The lowest BCUT2D eigenvalue weighted by atomic mass is 9.88. The first kappa shape index (κ1) is 24.0. The van der Waals surface area contributed by atoms with Crippen molar-refractivity contribution in [2.24, 2.45) is 17.8 Å². The van der Waals surface area contributed by atoms with E-state index in [9.17, 15) is 4.79 Å². The van der Waals surface area contributed by atoms with Crippen LogP contribution in [0.25, 0.3) is 0 Å². The first-order valence-corrected chi connectivity index (χ1v) is 11.1. The average molecular weight is 413 g/mol. The largest absolute Gasteiger partial charge is 0.465 e. The normalized spacial score (nSPS) is 12.5. The SMILES string of the molecule is CC(C)CC(C(=O)OCCCCCCCCn1ccc(=S)[nH]c1=S)C(C)C. The number of aromatic nitrogens is 2. The second kappa shape index (κ2) is 13.2. The first-order valence-electron chi connectivity index (χ1n) is 10.3. The lowest BCUT2D eigenvalue weighted by molar-refractivity contribution is -0.151. The van der Waals surface area contributed by atoms with Crippen LogP contribution in [0.3, 0.4) is 0 Å². The zero-order valence-electron chi connectivity index (χ0n) is 17.3. The molecule has 0 bridgehead atoms. The van der Waals surface area contributed by atoms with Crippen LogP contribution in [0, 0.1) is 27.2 Å². The minimum absolute atomic E-state index is 0.0163. The van der Waals surface area contributed by atoms with Crippen molar-refractivity contribution in [1.82, 2.24) is 9.55 Å². The lowest BCUT2D eigenvalue weighted by Crippen LogP contribution is -2.24. The van der Waals surface area contributed by atoms with Gasteiger partial charge in [-0.25, -0.2) is 0 Å². The Balaban J connectivity index is 2.09. The third kappa shape index (κ3) is 10.2. The van der Waals surface area contributed by atoms with Gasteiger partial charge in [-0.1, -0.05) is 65.6 Å². The lowest BCUT2D eigenvalue weighted by Gasteiger charge is -2.21. The van der Waals surface area contributed by atoms with Gasteiger partial charge >= 0.3 is 5.97 Å². The van der Waals surface area contributed by atoms with E-state index in [0.717, 1.165) is 32.2 Å². The van der Waals surface area contributed by atoms with Crippen LogP contribution in [0.5, 0.6) is 0 Å². The van der Waals surface area contributed by atoms with Crippen LogP contribution < -0.4 is 0 Å². The molecule has 1 aromatic heterocycles. The summed E-state index contributed by atoms with van der Waals surface area (Å²) in [7, 11) is 0. The zero-order chi connectivity index (χ0) is 20.2. The molecule has 6 heteroatoms. The summed E-state index contributed by atoms with van der Waals surface area (Å²) in [6.45, 7) is 10.00. The van der Waals surface area contributed by atoms with E-state index in [4.69, 9.17) is 29.2 Å². The highest BCUT2D eigenvalue weighted by Gasteiger charge is 2.24. The van der Waals surface area contributed by atoms with Gasteiger partial charge in [-0.2, -0.15) is 0 Å². The number of carbonyl (C=O) groups excluding carboxylic acids is 1. The Morgan fingerprint density at radius 1 is 1.07 bits per heavy atom. The van der Waals surface area contributed by atoms with Crippen molar-refractivity contribution in [3.63, 3.8) is 0 Å². The fraction of sp³-hybridized carbons (Fsp3) is 0.762. The molecular weight excluding hydrogens is 376 g/mol. The Morgan fingerprint density at radius 2 is 1.70 bits per heavy atom. The summed E-state index contributed by atoms with van der Waals surface area (Å²) in [5.41, 5.74) is 0. The molecule has 0 aliphatic carbocycles. The number of nitrogens with zero attached hydrogens (tertiary/aromatic N) is 1. The van der Waals surface area contributed by atoms with E-state index >= 15 is 0 Å². The number of nitrogens with one attached hydrogen (secondary N) is 1. The van der Waals surface area contributed by atoms with E-state index in [1.54, 1.807) is 0 Å². The molecule has 0 fully saturated rings. The summed E-state index contributed by atoms with van der Waals surface area (Å²) in [6, 6.07) is 1.87. The number of carbonyl (C=O) groups is 1. The third-order valence-electron chi connectivity index (χ3n) is 4.77. The fourth-order valence-corrected chi connectivity index (χ4v) is 3.62. The molecule has 1 aromatic rings. The van der Waals surface area contributed by atoms with Crippen molar-refractivity contribution in [1.29, 1.82) is 0 Å². The summed E-state index contributed by atoms with van der Waals surface area (Å²) >= 11 is 10.3.